The Kier molecular flexibility index (Phi) is 4.97. The fraction of sp³-hybridized carbons (Fsp3) is 0.476. The summed E-state index contributed by atoms with van der Waals surface area (Å²) in [6.45, 7) is 5.71. The van der Waals surface area contributed by atoms with Crippen LogP contribution in [-0.4, -0.2) is 27.2 Å². The molecule has 0 fully saturated rings. The Hall–Kier alpha value is -2.63. The van der Waals surface area contributed by atoms with Crippen LogP contribution in [0.5, 0.6) is 0 Å². The summed E-state index contributed by atoms with van der Waals surface area (Å²) in [5.74, 6) is 2.07. The minimum atomic E-state index is 0.00605. The molecule has 0 spiro atoms. The molecule has 142 valence electrons. The summed E-state index contributed by atoms with van der Waals surface area (Å²) in [5, 5.41) is 12.7. The second-order valence-corrected chi connectivity index (χ2v) is 7.47. The number of hydrogen-bond donors (Lipinski definition) is 1. The van der Waals surface area contributed by atoms with Crippen molar-refractivity contribution in [3.63, 3.8) is 0 Å². The molecule has 0 aliphatic carbocycles. The van der Waals surface area contributed by atoms with Gasteiger partial charge in [0.05, 0.1) is 12.7 Å². The van der Waals surface area contributed by atoms with Gasteiger partial charge in [-0.05, 0) is 49.9 Å². The lowest BCUT2D eigenvalue weighted by atomic mass is 10.0. The number of nitrogens with one attached hydrogen (secondary N) is 1. The molecular formula is C21H26N4O2. The van der Waals surface area contributed by atoms with Gasteiger partial charge in [0.1, 0.15) is 17.2 Å². The highest BCUT2D eigenvalue weighted by atomic mass is 16.3. The first-order valence-corrected chi connectivity index (χ1v) is 9.77. The summed E-state index contributed by atoms with van der Waals surface area (Å²) < 4.78 is 7.85. The molecule has 0 bridgehead atoms. The Labute approximate surface area is 159 Å². The maximum Gasteiger partial charge on any atom is 0.224 e. The van der Waals surface area contributed by atoms with E-state index in [0.29, 0.717) is 19.4 Å². The molecule has 4 rings (SSSR count). The Bertz CT molecular complexity index is 970. The SMILES string of the molecule is Cc1cc2occ(CC(=O)NCCc3nnc4n3CCCCC4)c2cc1C. The number of rotatable bonds is 5. The maximum absolute atomic E-state index is 12.4. The van der Waals surface area contributed by atoms with Crippen molar-refractivity contribution in [3.05, 3.63) is 46.7 Å². The summed E-state index contributed by atoms with van der Waals surface area (Å²) >= 11 is 0. The molecule has 1 aliphatic rings. The van der Waals surface area contributed by atoms with Gasteiger partial charge in [-0.1, -0.05) is 6.42 Å². The Morgan fingerprint density at radius 3 is 2.93 bits per heavy atom. The van der Waals surface area contributed by atoms with Crippen molar-refractivity contribution < 1.29 is 9.21 Å². The molecular weight excluding hydrogens is 340 g/mol. The van der Waals surface area contributed by atoms with E-state index in [-0.39, 0.29) is 5.91 Å². The second kappa shape index (κ2) is 7.55. The van der Waals surface area contributed by atoms with Crippen LogP contribution in [0.15, 0.2) is 22.8 Å². The summed E-state index contributed by atoms with van der Waals surface area (Å²) in [6, 6.07) is 4.13. The number of benzene rings is 1. The molecule has 1 aromatic carbocycles. The fourth-order valence-corrected chi connectivity index (χ4v) is 3.75. The van der Waals surface area contributed by atoms with Crippen molar-refractivity contribution in [2.75, 3.05) is 6.54 Å². The normalized spacial score (nSPS) is 14.1. The Morgan fingerprint density at radius 2 is 2.04 bits per heavy atom. The first-order valence-electron chi connectivity index (χ1n) is 9.77. The lowest BCUT2D eigenvalue weighted by Gasteiger charge is -2.08. The molecule has 2 aromatic heterocycles. The number of aryl methyl sites for hydroxylation is 3. The first-order chi connectivity index (χ1) is 13.1. The van der Waals surface area contributed by atoms with E-state index in [2.05, 4.69) is 40.0 Å². The fourth-order valence-electron chi connectivity index (χ4n) is 3.75. The van der Waals surface area contributed by atoms with Crippen molar-refractivity contribution in [2.24, 2.45) is 0 Å². The molecule has 6 heteroatoms. The van der Waals surface area contributed by atoms with Gasteiger partial charge in [-0.3, -0.25) is 4.79 Å². The van der Waals surface area contributed by atoms with Crippen molar-refractivity contribution in [1.29, 1.82) is 0 Å². The molecule has 0 unspecified atom stereocenters. The van der Waals surface area contributed by atoms with Gasteiger partial charge in [-0.15, -0.1) is 10.2 Å². The minimum Gasteiger partial charge on any atom is -0.464 e. The van der Waals surface area contributed by atoms with Crippen LogP contribution in [0.2, 0.25) is 0 Å². The molecule has 3 aromatic rings. The van der Waals surface area contributed by atoms with E-state index in [0.717, 1.165) is 41.1 Å². The van der Waals surface area contributed by atoms with Gasteiger partial charge in [0.2, 0.25) is 5.91 Å². The molecule has 1 amide bonds. The second-order valence-electron chi connectivity index (χ2n) is 7.47. The number of fused-ring (bicyclic) bond motifs is 2. The van der Waals surface area contributed by atoms with Crippen LogP contribution < -0.4 is 5.32 Å². The van der Waals surface area contributed by atoms with E-state index in [9.17, 15) is 4.79 Å². The Balaban J connectivity index is 1.35. The molecule has 1 aliphatic heterocycles. The third kappa shape index (κ3) is 3.75. The third-order valence-corrected chi connectivity index (χ3v) is 5.48. The zero-order chi connectivity index (χ0) is 18.8. The molecule has 27 heavy (non-hydrogen) atoms. The van der Waals surface area contributed by atoms with E-state index in [4.69, 9.17) is 4.42 Å². The number of carbonyl (C=O) groups is 1. The number of carbonyl (C=O) groups excluding carboxylic acids is 1. The van der Waals surface area contributed by atoms with Crippen LogP contribution in [0.25, 0.3) is 11.0 Å². The van der Waals surface area contributed by atoms with Gasteiger partial charge in [0.25, 0.3) is 0 Å². The lowest BCUT2D eigenvalue weighted by molar-refractivity contribution is -0.120. The molecule has 6 nitrogen and oxygen atoms in total. The smallest absolute Gasteiger partial charge is 0.224 e. The highest BCUT2D eigenvalue weighted by Crippen LogP contribution is 2.25. The standard InChI is InChI=1S/C21H26N4O2/c1-14-10-17-16(13-27-18(17)11-15(14)2)12-21(26)22-8-7-20-24-23-19-6-4-3-5-9-25(19)20/h10-11,13H,3-9,12H2,1-2H3,(H,22,26). The average Bonchev–Trinajstić information content (AvgIpc) is 3.11. The van der Waals surface area contributed by atoms with Crippen molar-refractivity contribution in [2.45, 2.75) is 58.9 Å². The molecule has 0 radical (unpaired) electrons. The predicted molar refractivity (Wildman–Crippen MR) is 104 cm³/mol. The zero-order valence-corrected chi connectivity index (χ0v) is 16.0. The van der Waals surface area contributed by atoms with E-state index >= 15 is 0 Å². The first kappa shape index (κ1) is 17.8. The lowest BCUT2D eigenvalue weighted by Crippen LogP contribution is -2.28. The number of aromatic nitrogens is 3. The highest BCUT2D eigenvalue weighted by molar-refractivity contribution is 5.88. The van der Waals surface area contributed by atoms with Crippen LogP contribution in [0.1, 0.15) is 47.6 Å². The Morgan fingerprint density at radius 1 is 1.19 bits per heavy atom. The quantitative estimate of drug-likeness (QED) is 0.752. The van der Waals surface area contributed by atoms with E-state index < -0.39 is 0 Å². The monoisotopic (exact) mass is 366 g/mol. The summed E-state index contributed by atoms with van der Waals surface area (Å²) in [5.41, 5.74) is 4.17. The van der Waals surface area contributed by atoms with Gasteiger partial charge >= 0.3 is 0 Å². The van der Waals surface area contributed by atoms with Crippen LogP contribution in [0.4, 0.5) is 0 Å². The molecule has 1 N–H and O–H groups in total. The maximum atomic E-state index is 12.4. The van der Waals surface area contributed by atoms with E-state index in [1.54, 1.807) is 6.26 Å². The van der Waals surface area contributed by atoms with Crippen molar-refractivity contribution in [3.8, 4) is 0 Å². The van der Waals surface area contributed by atoms with Crippen LogP contribution in [0.3, 0.4) is 0 Å². The number of furan rings is 1. The van der Waals surface area contributed by atoms with Gasteiger partial charge in [-0.25, -0.2) is 0 Å². The van der Waals surface area contributed by atoms with Gasteiger partial charge in [0, 0.05) is 36.9 Å². The largest absolute Gasteiger partial charge is 0.464 e. The molecule has 0 saturated heterocycles. The van der Waals surface area contributed by atoms with E-state index in [1.807, 2.05) is 6.07 Å². The third-order valence-electron chi connectivity index (χ3n) is 5.48. The molecule has 0 atom stereocenters. The van der Waals surface area contributed by atoms with Crippen molar-refractivity contribution >= 4 is 16.9 Å². The number of amides is 1. The summed E-state index contributed by atoms with van der Waals surface area (Å²) in [6.07, 6.45) is 7.35. The number of hydrogen-bond acceptors (Lipinski definition) is 4. The van der Waals surface area contributed by atoms with Crippen LogP contribution >= 0.6 is 0 Å². The summed E-state index contributed by atoms with van der Waals surface area (Å²) in [4.78, 5) is 12.4. The predicted octanol–water partition coefficient (Wildman–Crippen LogP) is 3.27. The van der Waals surface area contributed by atoms with Crippen LogP contribution in [0, 0.1) is 13.8 Å². The van der Waals surface area contributed by atoms with Gasteiger partial charge < -0.3 is 14.3 Å². The molecule has 3 heterocycles. The summed E-state index contributed by atoms with van der Waals surface area (Å²) in [7, 11) is 0. The average molecular weight is 366 g/mol. The topological polar surface area (TPSA) is 73.0 Å². The minimum absolute atomic E-state index is 0.00605. The van der Waals surface area contributed by atoms with Gasteiger partial charge in [-0.2, -0.15) is 0 Å². The van der Waals surface area contributed by atoms with E-state index in [1.165, 1.54) is 30.4 Å². The zero-order valence-electron chi connectivity index (χ0n) is 16.0. The molecule has 0 saturated carbocycles. The highest BCUT2D eigenvalue weighted by Gasteiger charge is 2.15. The van der Waals surface area contributed by atoms with Crippen molar-refractivity contribution in [1.82, 2.24) is 20.1 Å². The number of nitrogens with zero attached hydrogens (tertiary/aromatic N) is 3. The van der Waals surface area contributed by atoms with Gasteiger partial charge in [0.15, 0.2) is 0 Å². The van der Waals surface area contributed by atoms with Crippen LogP contribution in [-0.2, 0) is 30.6 Å².